The van der Waals surface area contributed by atoms with E-state index in [0.717, 1.165) is 42.1 Å². The van der Waals surface area contributed by atoms with Crippen LogP contribution >= 0.6 is 23.1 Å². The van der Waals surface area contributed by atoms with Crippen LogP contribution in [0.3, 0.4) is 0 Å². The zero-order chi connectivity index (χ0) is 33.3. The number of aryl methyl sites for hydroxylation is 1. The Balaban J connectivity index is 1.37. The number of aliphatic imine (C=N–C) groups is 2. The van der Waals surface area contributed by atoms with E-state index in [1.54, 1.807) is 38.9 Å². The first-order chi connectivity index (χ1) is 22.6. The molecule has 2 saturated heterocycles. The highest BCUT2D eigenvalue weighted by Gasteiger charge is 2.32. The number of anilines is 5. The lowest BCUT2D eigenvalue weighted by Gasteiger charge is -2.39. The van der Waals surface area contributed by atoms with Crippen LogP contribution in [-0.4, -0.2) is 90.2 Å². The van der Waals surface area contributed by atoms with Gasteiger partial charge in [-0.3, -0.25) is 19.6 Å². The fourth-order valence-corrected chi connectivity index (χ4v) is 8.14. The molecule has 0 amide bonds. The molecule has 12 nitrogen and oxygen atoms in total. The average molecular weight is 720 g/mol. The molecular formula is C33H40BrN10O2P. The van der Waals surface area contributed by atoms with Gasteiger partial charge in [0.05, 0.1) is 40.1 Å². The van der Waals surface area contributed by atoms with Gasteiger partial charge in [0.2, 0.25) is 5.95 Å². The third-order valence-corrected chi connectivity index (χ3v) is 10.7. The van der Waals surface area contributed by atoms with E-state index in [9.17, 15) is 4.57 Å². The molecule has 2 aliphatic heterocycles. The smallest absolute Gasteiger partial charge is 0.229 e. The first-order valence-corrected chi connectivity index (χ1v) is 18.9. The summed E-state index contributed by atoms with van der Waals surface area (Å²) in [7, 11) is 0.780. The number of aromatic nitrogens is 4. The maximum absolute atomic E-state index is 13.5. The number of nitrogens with one attached hydrogen (secondary N) is 2. The number of methoxy groups -OCH3 is 1. The number of piperazine rings is 1. The number of hydrogen-bond donors (Lipinski definition) is 2. The van der Waals surface area contributed by atoms with Crippen LogP contribution in [0.4, 0.5) is 40.2 Å². The van der Waals surface area contributed by atoms with Gasteiger partial charge < -0.3 is 24.8 Å². The summed E-state index contributed by atoms with van der Waals surface area (Å²) in [5, 5.41) is 11.8. The van der Waals surface area contributed by atoms with E-state index in [0.29, 0.717) is 50.4 Å². The van der Waals surface area contributed by atoms with Gasteiger partial charge in [0.1, 0.15) is 24.4 Å². The SMILES string of the molecule is C=Nc1ccc(Nc2nc(Nc3cc(-c4cnn(C)c4)c(N4CCN5CCCC5C4)cc3OC)ncc2Br)c(P(C)(C)=O)c1N=CC. The molecule has 2 aliphatic rings. The fourth-order valence-electron chi connectivity index (χ4n) is 6.46. The van der Waals surface area contributed by atoms with Crippen LogP contribution in [0.15, 0.2) is 57.3 Å². The summed E-state index contributed by atoms with van der Waals surface area (Å²) in [5.41, 5.74) is 5.59. The predicted molar refractivity (Wildman–Crippen MR) is 197 cm³/mol. The van der Waals surface area contributed by atoms with Gasteiger partial charge >= 0.3 is 0 Å². The highest BCUT2D eigenvalue weighted by atomic mass is 79.9. The van der Waals surface area contributed by atoms with Crippen LogP contribution in [-0.2, 0) is 11.6 Å². The fraction of sp³-hybridized carbons (Fsp3) is 0.364. The summed E-state index contributed by atoms with van der Waals surface area (Å²) in [6, 6.07) is 8.38. The number of hydrogen-bond acceptors (Lipinski definition) is 11. The van der Waals surface area contributed by atoms with Gasteiger partial charge in [-0.15, -0.1) is 0 Å². The van der Waals surface area contributed by atoms with Crippen molar-refractivity contribution in [2.24, 2.45) is 17.0 Å². The van der Waals surface area contributed by atoms with Crippen molar-refractivity contribution in [3.63, 3.8) is 0 Å². The lowest BCUT2D eigenvalue weighted by atomic mass is 10.0. The standard InChI is InChI=1S/C33H40BrN10O2P/c1-7-36-30-25(35-2)10-11-26(31(30)47(5,6)45)39-32-24(34)18-37-33(41-32)40-27-15-23(21-17-38-42(3)19-21)28(16-29(27)46-4)44-14-13-43-12-8-9-22(43)20-44/h7,10-11,15-19,22H,2,8-9,12-14,20H2,1,3-6H3,(H2,37,39,40,41). The topological polar surface area (TPSA) is 125 Å². The third kappa shape index (κ3) is 6.83. The van der Waals surface area contributed by atoms with Crippen molar-refractivity contribution in [3.05, 3.63) is 47.3 Å². The van der Waals surface area contributed by atoms with Crippen molar-refractivity contribution in [2.75, 3.05) is 62.2 Å². The first kappa shape index (κ1) is 32.9. The Morgan fingerprint density at radius 3 is 2.68 bits per heavy atom. The van der Waals surface area contributed by atoms with Crippen LogP contribution in [0.2, 0.25) is 0 Å². The minimum atomic E-state index is -2.82. The Bertz CT molecular complexity index is 1890. The zero-order valence-corrected chi connectivity index (χ0v) is 29.8. The highest BCUT2D eigenvalue weighted by Crippen LogP contribution is 2.46. The maximum atomic E-state index is 13.5. The van der Waals surface area contributed by atoms with Gasteiger partial charge in [-0.25, -0.2) is 4.98 Å². The summed E-state index contributed by atoms with van der Waals surface area (Å²) >= 11 is 3.59. The molecule has 14 heteroatoms. The quantitative estimate of drug-likeness (QED) is 0.136. The molecule has 2 N–H and O–H groups in total. The second kappa shape index (κ2) is 13.6. The van der Waals surface area contributed by atoms with E-state index in [2.05, 4.69) is 75.3 Å². The molecule has 1 atom stereocenters. The Morgan fingerprint density at radius 1 is 1.15 bits per heavy atom. The Morgan fingerprint density at radius 2 is 1.98 bits per heavy atom. The Labute approximate surface area is 283 Å². The molecule has 1 unspecified atom stereocenters. The predicted octanol–water partition coefficient (Wildman–Crippen LogP) is 6.72. The second-order valence-electron chi connectivity index (χ2n) is 12.1. The molecule has 0 bridgehead atoms. The largest absolute Gasteiger partial charge is 0.494 e. The van der Waals surface area contributed by atoms with E-state index in [1.807, 2.05) is 37.1 Å². The van der Waals surface area contributed by atoms with Crippen LogP contribution in [0.5, 0.6) is 5.75 Å². The number of fused-ring (bicyclic) bond motifs is 1. The summed E-state index contributed by atoms with van der Waals surface area (Å²) in [5.74, 6) is 1.52. The molecule has 2 aromatic carbocycles. The van der Waals surface area contributed by atoms with Crippen molar-refractivity contribution in [2.45, 2.75) is 25.8 Å². The molecule has 0 spiro atoms. The van der Waals surface area contributed by atoms with Crippen LogP contribution in [0.1, 0.15) is 19.8 Å². The molecule has 6 rings (SSSR count). The summed E-state index contributed by atoms with van der Waals surface area (Å²) in [4.78, 5) is 23.0. The monoisotopic (exact) mass is 718 g/mol. The third-order valence-electron chi connectivity index (χ3n) is 8.60. The zero-order valence-electron chi connectivity index (χ0n) is 27.4. The summed E-state index contributed by atoms with van der Waals surface area (Å²) in [6.45, 7) is 13.1. The molecule has 2 aromatic heterocycles. The van der Waals surface area contributed by atoms with E-state index in [-0.39, 0.29) is 0 Å². The molecule has 0 saturated carbocycles. The molecule has 2 fully saturated rings. The molecule has 246 valence electrons. The Hall–Kier alpha value is -4.06. The van der Waals surface area contributed by atoms with Gasteiger partial charge in [0.15, 0.2) is 0 Å². The van der Waals surface area contributed by atoms with E-state index in [1.165, 1.54) is 19.4 Å². The van der Waals surface area contributed by atoms with Crippen LogP contribution in [0.25, 0.3) is 11.1 Å². The number of halogens is 1. The summed E-state index contributed by atoms with van der Waals surface area (Å²) < 4.78 is 21.9. The van der Waals surface area contributed by atoms with E-state index >= 15 is 0 Å². The number of nitrogens with zero attached hydrogens (tertiary/aromatic N) is 8. The van der Waals surface area contributed by atoms with Gasteiger partial charge in [-0.2, -0.15) is 10.1 Å². The number of ether oxygens (including phenoxy) is 1. The average Bonchev–Trinajstić information content (AvgIpc) is 3.70. The van der Waals surface area contributed by atoms with Crippen molar-refractivity contribution in [3.8, 4) is 16.9 Å². The number of benzene rings is 2. The normalized spacial score (nSPS) is 16.8. The van der Waals surface area contributed by atoms with Crippen molar-refractivity contribution < 1.29 is 9.30 Å². The molecule has 0 radical (unpaired) electrons. The highest BCUT2D eigenvalue weighted by molar-refractivity contribution is 9.10. The molecule has 4 heterocycles. The molecule has 4 aromatic rings. The second-order valence-corrected chi connectivity index (χ2v) is 16.1. The van der Waals surface area contributed by atoms with Gasteiger partial charge in [-0.05, 0) is 80.5 Å². The number of rotatable bonds is 10. The molecule has 47 heavy (non-hydrogen) atoms. The molecular weight excluding hydrogens is 679 g/mol. The first-order valence-electron chi connectivity index (χ1n) is 15.5. The lowest BCUT2D eigenvalue weighted by molar-refractivity contribution is 0.231. The minimum Gasteiger partial charge on any atom is -0.494 e. The molecule has 0 aliphatic carbocycles. The van der Waals surface area contributed by atoms with Gasteiger partial charge in [0, 0.05) is 74.2 Å². The maximum Gasteiger partial charge on any atom is 0.229 e. The van der Waals surface area contributed by atoms with Crippen molar-refractivity contribution in [1.29, 1.82) is 0 Å². The van der Waals surface area contributed by atoms with Crippen LogP contribution in [0, 0.1) is 0 Å². The van der Waals surface area contributed by atoms with Crippen LogP contribution < -0.4 is 25.6 Å². The van der Waals surface area contributed by atoms with E-state index in [4.69, 9.17) is 9.72 Å². The minimum absolute atomic E-state index is 0.354. The van der Waals surface area contributed by atoms with E-state index < -0.39 is 7.14 Å². The lowest BCUT2D eigenvalue weighted by Crippen LogP contribution is -2.50. The Kier molecular flexibility index (Phi) is 9.50. The van der Waals surface area contributed by atoms with Crippen molar-refractivity contribution >= 4 is 81.5 Å². The van der Waals surface area contributed by atoms with Gasteiger partial charge in [0.25, 0.3) is 0 Å². The van der Waals surface area contributed by atoms with Crippen molar-refractivity contribution in [1.82, 2.24) is 24.6 Å². The summed E-state index contributed by atoms with van der Waals surface area (Å²) in [6.07, 6.45) is 9.73. The van der Waals surface area contributed by atoms with Gasteiger partial charge in [-0.1, -0.05) is 0 Å².